The van der Waals surface area contributed by atoms with Crippen LogP contribution in [0.15, 0.2) is 0 Å². The molecule has 0 bridgehead atoms. The van der Waals surface area contributed by atoms with E-state index in [2.05, 4.69) is 46.2 Å². The van der Waals surface area contributed by atoms with Crippen LogP contribution >= 0.6 is 0 Å². The van der Waals surface area contributed by atoms with Gasteiger partial charge in [-0.05, 0) is 25.7 Å². The minimum Gasteiger partial charge on any atom is -0.726 e. The molecular formula is C20H49NO4SSi2. The van der Waals surface area contributed by atoms with Gasteiger partial charge in [0, 0.05) is 16.1 Å². The van der Waals surface area contributed by atoms with Crippen molar-refractivity contribution in [2.75, 3.05) is 19.6 Å². The van der Waals surface area contributed by atoms with Crippen molar-refractivity contribution in [1.82, 2.24) is 0 Å². The number of nitrogens with one attached hydrogen (secondary N) is 1. The van der Waals surface area contributed by atoms with Crippen molar-refractivity contribution in [3.63, 3.8) is 0 Å². The monoisotopic (exact) mass is 455 g/mol. The summed E-state index contributed by atoms with van der Waals surface area (Å²) >= 11 is 0. The Bertz CT molecular complexity index is 432. The van der Waals surface area contributed by atoms with Gasteiger partial charge in [0.05, 0.1) is 19.6 Å². The molecule has 0 rings (SSSR count). The van der Waals surface area contributed by atoms with E-state index in [0.29, 0.717) is 0 Å². The molecule has 0 atom stereocenters. The van der Waals surface area contributed by atoms with Gasteiger partial charge in [0.2, 0.25) is 10.4 Å². The molecule has 0 radical (unpaired) electrons. The fourth-order valence-corrected chi connectivity index (χ4v) is 5.74. The molecule has 0 saturated heterocycles. The molecule has 8 heteroatoms. The second kappa shape index (κ2) is 16.0. The van der Waals surface area contributed by atoms with E-state index in [-0.39, 0.29) is 0 Å². The molecule has 0 saturated carbocycles. The first-order valence-electron chi connectivity index (χ1n) is 11.2. The molecule has 0 aromatic carbocycles. The molecule has 28 heavy (non-hydrogen) atoms. The Labute approximate surface area is 178 Å². The van der Waals surface area contributed by atoms with Gasteiger partial charge >= 0.3 is 0 Å². The Kier molecular flexibility index (Phi) is 17.4. The van der Waals surface area contributed by atoms with Gasteiger partial charge in [-0.2, -0.15) is 0 Å². The van der Waals surface area contributed by atoms with Gasteiger partial charge in [-0.25, -0.2) is 8.42 Å². The molecule has 0 fully saturated rings. The number of unbranched alkanes of at least 4 members (excludes halogenated alkanes) is 5. The average molecular weight is 456 g/mol. The second-order valence-corrected chi connectivity index (χ2v) is 22.6. The molecular weight excluding hydrogens is 406 g/mol. The molecule has 0 aromatic heterocycles. The summed E-state index contributed by atoms with van der Waals surface area (Å²) in [5.41, 5.74) is 0. The van der Waals surface area contributed by atoms with Gasteiger partial charge < -0.3 is 9.45 Å². The maximum Gasteiger partial charge on any atom is 0.215 e. The van der Waals surface area contributed by atoms with Crippen molar-refractivity contribution >= 4 is 26.5 Å². The average Bonchev–Trinajstić information content (AvgIpc) is 2.46. The van der Waals surface area contributed by atoms with Crippen molar-refractivity contribution in [3.8, 4) is 0 Å². The van der Waals surface area contributed by atoms with E-state index >= 15 is 0 Å². The lowest BCUT2D eigenvalue weighted by Gasteiger charge is -2.23. The van der Waals surface area contributed by atoms with Crippen LogP contribution < -0.4 is 4.90 Å². The number of hydrogen-bond donors (Lipinski definition) is 2. The van der Waals surface area contributed by atoms with Crippen LogP contribution in [0.1, 0.15) is 58.3 Å². The molecule has 0 aliphatic rings. The van der Waals surface area contributed by atoms with Crippen LogP contribution in [-0.4, -0.2) is 53.3 Å². The van der Waals surface area contributed by atoms with Gasteiger partial charge in [-0.15, -0.1) is 0 Å². The Morgan fingerprint density at radius 3 is 1.39 bits per heavy atom. The molecule has 0 aliphatic carbocycles. The summed E-state index contributed by atoms with van der Waals surface area (Å²) in [5, 5.41) is 0. The zero-order chi connectivity index (χ0) is 22.3. The summed E-state index contributed by atoms with van der Waals surface area (Å²) in [6.07, 6.45) is 11.6. The lowest BCUT2D eigenvalue weighted by Crippen LogP contribution is -3.12. The third-order valence-corrected chi connectivity index (χ3v) is 8.51. The minimum absolute atomic E-state index is 0.845. The third kappa shape index (κ3) is 33.8. The highest BCUT2D eigenvalue weighted by molar-refractivity contribution is 7.79. The normalized spacial score (nSPS) is 12.8. The molecule has 0 amide bonds. The smallest absolute Gasteiger partial charge is 0.215 e. The highest BCUT2D eigenvalue weighted by Crippen LogP contribution is 2.11. The Hall–Kier alpha value is 0.264. The van der Waals surface area contributed by atoms with Crippen LogP contribution in [0.5, 0.6) is 0 Å². The van der Waals surface area contributed by atoms with Crippen molar-refractivity contribution in [2.24, 2.45) is 0 Å². The summed E-state index contributed by atoms with van der Waals surface area (Å²) in [5.74, 6) is 0. The van der Waals surface area contributed by atoms with E-state index in [1.165, 1.54) is 83.1 Å². The molecule has 0 aromatic rings. The molecule has 172 valence electrons. The number of quaternary nitrogens is 1. The standard InChI is InChI=1S/C20H47NSi2.H2O4S/c1-8-9-10-11-12-13-16-21(17-14-19-22(2,3)4)18-15-20-23(5,6)7;1-5(2,3)4/h8-20H2,1-7H3;(H2,1,2,3,4). The van der Waals surface area contributed by atoms with Gasteiger partial charge in [0.15, 0.2) is 0 Å². The second-order valence-electron chi connectivity index (χ2n) is 10.5. The summed E-state index contributed by atoms with van der Waals surface area (Å²) in [6.45, 7) is 21.7. The number of hydrogen-bond acceptors (Lipinski definition) is 3. The van der Waals surface area contributed by atoms with Crippen LogP contribution in [0.25, 0.3) is 0 Å². The fraction of sp³-hybridized carbons (Fsp3) is 1.00. The summed E-state index contributed by atoms with van der Waals surface area (Å²) in [6, 6.07) is 3.03. The lowest BCUT2D eigenvalue weighted by atomic mass is 10.1. The van der Waals surface area contributed by atoms with Crippen LogP contribution in [0.4, 0.5) is 0 Å². The van der Waals surface area contributed by atoms with Crippen LogP contribution in [-0.2, 0) is 10.4 Å². The van der Waals surface area contributed by atoms with Crippen LogP contribution in [0.3, 0.4) is 0 Å². The molecule has 0 heterocycles. The van der Waals surface area contributed by atoms with Crippen molar-refractivity contribution < 1.29 is 22.4 Å². The van der Waals surface area contributed by atoms with Crippen LogP contribution in [0.2, 0.25) is 51.4 Å². The quantitative estimate of drug-likeness (QED) is 0.162. The highest BCUT2D eigenvalue weighted by atomic mass is 32.3. The fourth-order valence-electron chi connectivity index (χ4n) is 3.27. The summed E-state index contributed by atoms with van der Waals surface area (Å²) < 4.78 is 32.8. The van der Waals surface area contributed by atoms with Gasteiger partial charge in [-0.1, -0.05) is 84.0 Å². The molecule has 5 nitrogen and oxygen atoms in total. The van der Waals surface area contributed by atoms with Crippen LogP contribution in [0, 0.1) is 0 Å². The molecule has 0 unspecified atom stereocenters. The number of rotatable bonds is 15. The largest absolute Gasteiger partial charge is 0.726 e. The maximum absolute atomic E-state index is 8.63. The van der Waals surface area contributed by atoms with E-state index < -0.39 is 26.5 Å². The Morgan fingerprint density at radius 1 is 0.714 bits per heavy atom. The van der Waals surface area contributed by atoms with Gasteiger partial charge in [-0.3, -0.25) is 4.55 Å². The predicted molar refractivity (Wildman–Crippen MR) is 127 cm³/mol. The Morgan fingerprint density at radius 2 is 1.04 bits per heavy atom. The maximum atomic E-state index is 8.63. The van der Waals surface area contributed by atoms with E-state index in [0.717, 1.165) is 0 Å². The predicted octanol–water partition coefficient (Wildman–Crippen LogP) is 4.69. The minimum atomic E-state index is -4.92. The molecule has 0 aliphatic heterocycles. The zero-order valence-corrected chi connectivity index (χ0v) is 22.6. The third-order valence-electron chi connectivity index (χ3n) is 4.80. The van der Waals surface area contributed by atoms with E-state index in [9.17, 15) is 0 Å². The van der Waals surface area contributed by atoms with Gasteiger partial charge in [0.25, 0.3) is 0 Å². The topological polar surface area (TPSA) is 81.9 Å². The zero-order valence-electron chi connectivity index (χ0n) is 19.8. The first kappa shape index (κ1) is 30.5. The SMILES string of the molecule is CCCCCCCC[NH+](CCC[Si](C)(C)C)CCC[Si](C)(C)C.O=S(=O)([O-])O. The summed E-state index contributed by atoms with van der Waals surface area (Å²) in [4.78, 5) is 1.91. The van der Waals surface area contributed by atoms with Crippen molar-refractivity contribution in [3.05, 3.63) is 0 Å². The van der Waals surface area contributed by atoms with Crippen molar-refractivity contribution in [1.29, 1.82) is 0 Å². The van der Waals surface area contributed by atoms with E-state index in [1.807, 2.05) is 4.90 Å². The first-order chi connectivity index (χ1) is 12.6. The molecule has 2 N–H and O–H groups in total. The summed E-state index contributed by atoms with van der Waals surface area (Å²) in [7, 11) is -6.61. The molecule has 0 spiro atoms. The van der Waals surface area contributed by atoms with E-state index in [4.69, 9.17) is 17.5 Å². The lowest BCUT2D eigenvalue weighted by molar-refractivity contribution is -0.900. The first-order valence-corrected chi connectivity index (χ1v) is 19.9. The van der Waals surface area contributed by atoms with E-state index in [1.54, 1.807) is 0 Å². The van der Waals surface area contributed by atoms with Gasteiger partial charge in [0.1, 0.15) is 0 Å². The Balaban J connectivity index is 0. The highest BCUT2D eigenvalue weighted by Gasteiger charge is 2.17. The van der Waals surface area contributed by atoms with Crippen molar-refractivity contribution in [2.45, 2.75) is 110 Å².